The van der Waals surface area contributed by atoms with E-state index in [1.165, 1.54) is 0 Å². The highest BCUT2D eigenvalue weighted by Crippen LogP contribution is 1.86. The summed E-state index contributed by atoms with van der Waals surface area (Å²) in [7, 11) is 1.55. The van der Waals surface area contributed by atoms with Gasteiger partial charge in [0, 0.05) is 7.11 Å². The van der Waals surface area contributed by atoms with Gasteiger partial charge in [0.2, 0.25) is 0 Å². The highest BCUT2D eigenvalue weighted by atomic mass is 16.8. The summed E-state index contributed by atoms with van der Waals surface area (Å²) in [5.41, 5.74) is 2.29. The van der Waals surface area contributed by atoms with Crippen molar-refractivity contribution < 1.29 is 14.4 Å². The lowest BCUT2D eigenvalue weighted by molar-refractivity contribution is -0.146. The number of hydroxylamine groups is 1. The number of rotatable bonds is 5. The predicted octanol–water partition coefficient (Wildman–Crippen LogP) is -0.652. The van der Waals surface area contributed by atoms with Crippen molar-refractivity contribution in [1.29, 1.82) is 0 Å². The highest BCUT2D eigenvalue weighted by Gasteiger charge is 1.95. The molecule has 0 aromatic carbocycles. The van der Waals surface area contributed by atoms with Crippen LogP contribution in [0.2, 0.25) is 0 Å². The Hall–Kier alpha value is -0.200. The molecule has 0 saturated heterocycles. The fraction of sp³-hybridized carbons (Fsp3) is 1.00. The van der Waals surface area contributed by atoms with Gasteiger partial charge in [0.15, 0.2) is 6.29 Å². The lowest BCUT2D eigenvalue weighted by Gasteiger charge is -2.09. The van der Waals surface area contributed by atoms with E-state index in [-0.39, 0.29) is 13.0 Å². The maximum absolute atomic E-state index is 4.89. The first-order chi connectivity index (χ1) is 4.31. The molecule has 0 aromatic rings. The van der Waals surface area contributed by atoms with Crippen molar-refractivity contribution in [3.05, 3.63) is 0 Å². The molecule has 9 heavy (non-hydrogen) atoms. The van der Waals surface area contributed by atoms with Crippen LogP contribution in [0.15, 0.2) is 0 Å². The Bertz CT molecular complexity index is 61.8. The molecule has 0 radical (unpaired) electrons. The third-order valence-electron chi connectivity index (χ3n) is 0.792. The molecule has 0 aliphatic heterocycles. The number of hydrogen-bond donors (Lipinski definition) is 2. The van der Waals surface area contributed by atoms with Crippen molar-refractivity contribution in [3.63, 3.8) is 0 Å². The minimum atomic E-state index is -0.243. The monoisotopic (exact) mass is 136 g/mol. The molecule has 0 amide bonds. The number of hydrogen-bond acceptors (Lipinski definition) is 5. The number of methoxy groups -OCH3 is 1. The molecule has 0 spiro atoms. The topological polar surface area (TPSA) is 65.7 Å². The van der Waals surface area contributed by atoms with Gasteiger partial charge < -0.3 is 9.47 Å². The van der Waals surface area contributed by atoms with E-state index in [1.54, 1.807) is 14.0 Å². The first-order valence-corrected chi connectivity index (χ1v) is 2.54. The molecule has 0 heterocycles. The average Bonchev–Trinajstić information content (AvgIpc) is 1.89. The summed E-state index contributed by atoms with van der Waals surface area (Å²) in [6, 6.07) is 0. The van der Waals surface area contributed by atoms with Gasteiger partial charge >= 0.3 is 0 Å². The molecule has 3 N–H and O–H groups in total. The van der Waals surface area contributed by atoms with E-state index in [9.17, 15) is 0 Å². The maximum Gasteiger partial charge on any atom is 0.156 e. The molecule has 0 saturated carbocycles. The van der Waals surface area contributed by atoms with Crippen molar-refractivity contribution in [2.75, 3.05) is 13.8 Å². The van der Waals surface area contributed by atoms with Gasteiger partial charge in [-0.3, -0.25) is 0 Å². The molecule has 5 nitrogen and oxygen atoms in total. The molecule has 0 fully saturated rings. The number of nitrogens with one attached hydrogen (secondary N) is 1. The first-order valence-electron chi connectivity index (χ1n) is 2.54. The van der Waals surface area contributed by atoms with Gasteiger partial charge in [-0.25, -0.2) is 4.94 Å². The van der Waals surface area contributed by atoms with Crippen molar-refractivity contribution in [1.82, 2.24) is 5.48 Å². The largest absolute Gasteiger partial charge is 0.356 e. The van der Waals surface area contributed by atoms with E-state index < -0.39 is 0 Å². The molecule has 1 atom stereocenters. The van der Waals surface area contributed by atoms with Crippen LogP contribution in [-0.4, -0.2) is 20.1 Å². The summed E-state index contributed by atoms with van der Waals surface area (Å²) < 4.78 is 9.63. The zero-order chi connectivity index (χ0) is 7.11. The Labute approximate surface area is 54.0 Å². The molecule has 1 unspecified atom stereocenters. The minimum Gasteiger partial charge on any atom is -0.356 e. The molecule has 56 valence electrons. The minimum absolute atomic E-state index is 0.214. The molecule has 0 aliphatic carbocycles. The molecule has 0 aliphatic rings. The predicted molar refractivity (Wildman–Crippen MR) is 30.8 cm³/mol. The van der Waals surface area contributed by atoms with E-state index in [1.807, 2.05) is 0 Å². The normalized spacial score (nSPS) is 13.7. The van der Waals surface area contributed by atoms with E-state index in [4.69, 9.17) is 9.47 Å². The smallest absolute Gasteiger partial charge is 0.156 e. The van der Waals surface area contributed by atoms with Gasteiger partial charge in [-0.15, -0.1) is 0 Å². The second-order valence-corrected chi connectivity index (χ2v) is 1.38. The Balaban J connectivity index is 2.88. The molecular formula is C4H12N2O3. The third kappa shape index (κ3) is 5.67. The molecule has 0 rings (SSSR count). The van der Waals surface area contributed by atoms with Crippen LogP contribution in [0.3, 0.4) is 0 Å². The Morgan fingerprint density at radius 2 is 2.33 bits per heavy atom. The van der Waals surface area contributed by atoms with Crippen molar-refractivity contribution in [2.45, 2.75) is 13.2 Å². The second kappa shape index (κ2) is 5.93. The van der Waals surface area contributed by atoms with Gasteiger partial charge in [-0.1, -0.05) is 0 Å². The zero-order valence-electron chi connectivity index (χ0n) is 5.59. The summed E-state index contributed by atoms with van der Waals surface area (Å²) in [5.74, 6) is 4.62. The van der Waals surface area contributed by atoms with Crippen molar-refractivity contribution in [2.24, 2.45) is 5.90 Å². The maximum atomic E-state index is 4.89. The summed E-state index contributed by atoms with van der Waals surface area (Å²) in [6.07, 6.45) is -0.243. The van der Waals surface area contributed by atoms with Gasteiger partial charge in [0.25, 0.3) is 0 Å². The summed E-state index contributed by atoms with van der Waals surface area (Å²) in [6.45, 7) is 1.98. The van der Waals surface area contributed by atoms with Gasteiger partial charge in [0.05, 0.1) is 0 Å². The molecule has 0 aromatic heterocycles. The van der Waals surface area contributed by atoms with Crippen LogP contribution < -0.4 is 11.4 Å². The van der Waals surface area contributed by atoms with Crippen molar-refractivity contribution in [3.8, 4) is 0 Å². The van der Waals surface area contributed by atoms with Crippen LogP contribution in [0.1, 0.15) is 6.92 Å². The van der Waals surface area contributed by atoms with Crippen LogP contribution >= 0.6 is 0 Å². The Morgan fingerprint density at radius 3 is 2.78 bits per heavy atom. The first kappa shape index (κ1) is 8.80. The SMILES string of the molecule is COC(C)OCNON. The van der Waals surface area contributed by atoms with E-state index >= 15 is 0 Å². The van der Waals surface area contributed by atoms with E-state index in [2.05, 4.69) is 16.3 Å². The van der Waals surface area contributed by atoms with Crippen LogP contribution in [0.5, 0.6) is 0 Å². The lowest BCUT2D eigenvalue weighted by Crippen LogP contribution is -2.25. The molecular weight excluding hydrogens is 124 g/mol. The Morgan fingerprint density at radius 1 is 1.67 bits per heavy atom. The van der Waals surface area contributed by atoms with Gasteiger partial charge in [0.1, 0.15) is 6.73 Å². The van der Waals surface area contributed by atoms with E-state index in [0.29, 0.717) is 0 Å². The van der Waals surface area contributed by atoms with Crippen LogP contribution in [0.4, 0.5) is 0 Å². The lowest BCUT2D eigenvalue weighted by atomic mass is 10.8. The van der Waals surface area contributed by atoms with Gasteiger partial charge in [-0.2, -0.15) is 11.4 Å². The van der Waals surface area contributed by atoms with Crippen LogP contribution in [-0.2, 0) is 14.4 Å². The van der Waals surface area contributed by atoms with Gasteiger partial charge in [-0.05, 0) is 6.92 Å². The molecule has 0 bridgehead atoms. The average molecular weight is 136 g/mol. The second-order valence-electron chi connectivity index (χ2n) is 1.38. The summed E-state index contributed by atoms with van der Waals surface area (Å²) in [5, 5.41) is 0. The summed E-state index contributed by atoms with van der Waals surface area (Å²) >= 11 is 0. The van der Waals surface area contributed by atoms with Crippen molar-refractivity contribution >= 4 is 0 Å². The Kier molecular flexibility index (Phi) is 5.80. The molecule has 5 heteroatoms. The fourth-order valence-electron chi connectivity index (χ4n) is 0.253. The quantitative estimate of drug-likeness (QED) is 0.298. The van der Waals surface area contributed by atoms with Crippen LogP contribution in [0.25, 0.3) is 0 Å². The number of nitrogens with two attached hydrogens (primary N) is 1. The summed E-state index contributed by atoms with van der Waals surface area (Å²) in [4.78, 5) is 4.01. The fourth-order valence-corrected chi connectivity index (χ4v) is 0.253. The highest BCUT2D eigenvalue weighted by molar-refractivity contribution is 4.23. The van der Waals surface area contributed by atoms with Crippen LogP contribution in [0, 0.1) is 0 Å². The third-order valence-corrected chi connectivity index (χ3v) is 0.792. The van der Waals surface area contributed by atoms with E-state index in [0.717, 1.165) is 0 Å². The standard InChI is InChI=1S/C4H12N2O3/c1-4(7-2)8-3-6-9-5/h4,6H,3,5H2,1-2H3. The number of ether oxygens (including phenoxy) is 2. The zero-order valence-corrected chi connectivity index (χ0v) is 5.59.